The maximum absolute atomic E-state index is 12.3. The molecule has 0 spiro atoms. The summed E-state index contributed by atoms with van der Waals surface area (Å²) >= 11 is 0. The Morgan fingerprint density at radius 3 is 2.19 bits per heavy atom. The second kappa shape index (κ2) is 9.45. The van der Waals surface area contributed by atoms with Crippen LogP contribution in [0.1, 0.15) is 19.4 Å². The minimum atomic E-state index is -3.55. The molecule has 0 atom stereocenters. The maximum Gasteiger partial charge on any atom is 0.240 e. The Bertz CT molecular complexity index is 803. The molecule has 0 heterocycles. The van der Waals surface area contributed by atoms with E-state index in [1.165, 1.54) is 19.2 Å². The highest BCUT2D eigenvalue weighted by atomic mass is 32.2. The average Bonchev–Trinajstić information content (AvgIpc) is 2.64. The van der Waals surface area contributed by atoms with Gasteiger partial charge in [-0.2, -0.15) is 0 Å². The Morgan fingerprint density at radius 1 is 0.923 bits per heavy atom. The summed E-state index contributed by atoms with van der Waals surface area (Å²) in [6.45, 7) is 5.20. The third-order valence-corrected chi connectivity index (χ3v) is 5.16. The third-order valence-electron chi connectivity index (χ3n) is 3.68. The monoisotopic (exact) mass is 379 g/mol. The highest BCUT2D eigenvalue weighted by Crippen LogP contribution is 2.28. The van der Waals surface area contributed by atoms with Gasteiger partial charge in [-0.25, -0.2) is 13.1 Å². The first-order valence-electron chi connectivity index (χ1n) is 8.52. The fourth-order valence-electron chi connectivity index (χ4n) is 2.42. The predicted molar refractivity (Wildman–Crippen MR) is 101 cm³/mol. The minimum Gasteiger partial charge on any atom is -0.497 e. The van der Waals surface area contributed by atoms with Crippen LogP contribution in [0, 0.1) is 0 Å². The average molecular weight is 379 g/mol. The largest absolute Gasteiger partial charge is 0.497 e. The SMILES string of the molecule is CCOc1ccc(CCNS(=O)(=O)c2ccc(OC)cc2)cc1OCC. The number of hydrogen-bond donors (Lipinski definition) is 1. The molecule has 2 aromatic carbocycles. The van der Waals surface area contributed by atoms with E-state index in [-0.39, 0.29) is 11.4 Å². The Morgan fingerprint density at radius 2 is 1.58 bits per heavy atom. The number of nitrogens with one attached hydrogen (secondary N) is 1. The topological polar surface area (TPSA) is 73.9 Å². The molecule has 0 aliphatic rings. The number of rotatable bonds is 10. The number of benzene rings is 2. The van der Waals surface area contributed by atoms with Crippen LogP contribution in [0.5, 0.6) is 17.2 Å². The molecule has 7 heteroatoms. The lowest BCUT2D eigenvalue weighted by molar-refractivity contribution is 0.287. The van der Waals surface area contributed by atoms with Crippen molar-refractivity contribution < 1.29 is 22.6 Å². The van der Waals surface area contributed by atoms with E-state index in [1.54, 1.807) is 12.1 Å². The van der Waals surface area contributed by atoms with Gasteiger partial charge in [0, 0.05) is 6.54 Å². The molecule has 6 nitrogen and oxygen atoms in total. The van der Waals surface area contributed by atoms with Gasteiger partial charge in [0.15, 0.2) is 11.5 Å². The molecule has 0 fully saturated rings. The van der Waals surface area contributed by atoms with Crippen molar-refractivity contribution in [1.82, 2.24) is 4.72 Å². The van der Waals surface area contributed by atoms with E-state index in [9.17, 15) is 8.42 Å². The zero-order chi connectivity index (χ0) is 19.0. The van der Waals surface area contributed by atoms with Gasteiger partial charge in [0.1, 0.15) is 5.75 Å². The van der Waals surface area contributed by atoms with Gasteiger partial charge in [0.05, 0.1) is 25.2 Å². The molecule has 0 aromatic heterocycles. The molecule has 2 aromatic rings. The molecule has 142 valence electrons. The van der Waals surface area contributed by atoms with E-state index in [4.69, 9.17) is 14.2 Å². The zero-order valence-corrected chi connectivity index (χ0v) is 16.1. The summed E-state index contributed by atoms with van der Waals surface area (Å²) in [6, 6.07) is 11.9. The van der Waals surface area contributed by atoms with Crippen molar-refractivity contribution in [3.05, 3.63) is 48.0 Å². The molecule has 0 saturated carbocycles. The Balaban J connectivity index is 2.00. The van der Waals surface area contributed by atoms with E-state index in [0.29, 0.717) is 36.9 Å². The first-order chi connectivity index (χ1) is 12.5. The molecule has 0 aliphatic carbocycles. The third kappa shape index (κ3) is 5.37. The minimum absolute atomic E-state index is 0.208. The zero-order valence-electron chi connectivity index (χ0n) is 15.3. The molecule has 26 heavy (non-hydrogen) atoms. The summed E-state index contributed by atoms with van der Waals surface area (Å²) in [5.41, 5.74) is 0.967. The van der Waals surface area contributed by atoms with Crippen LogP contribution < -0.4 is 18.9 Å². The molecule has 0 bridgehead atoms. The van der Waals surface area contributed by atoms with Gasteiger partial charge >= 0.3 is 0 Å². The molecular weight excluding hydrogens is 354 g/mol. The van der Waals surface area contributed by atoms with Crippen LogP contribution in [0.3, 0.4) is 0 Å². The van der Waals surface area contributed by atoms with Crippen LogP contribution in [-0.2, 0) is 16.4 Å². The molecule has 1 N–H and O–H groups in total. The van der Waals surface area contributed by atoms with Crippen molar-refractivity contribution >= 4 is 10.0 Å². The van der Waals surface area contributed by atoms with E-state index >= 15 is 0 Å². The fraction of sp³-hybridized carbons (Fsp3) is 0.368. The summed E-state index contributed by atoms with van der Waals surface area (Å²) < 4.78 is 43.4. The molecular formula is C19H25NO5S. The van der Waals surface area contributed by atoms with Crippen molar-refractivity contribution in [1.29, 1.82) is 0 Å². The summed E-state index contributed by atoms with van der Waals surface area (Å²) in [5.74, 6) is 1.98. The Kier molecular flexibility index (Phi) is 7.29. The van der Waals surface area contributed by atoms with Gasteiger partial charge in [-0.1, -0.05) is 6.07 Å². The van der Waals surface area contributed by atoms with Crippen molar-refractivity contribution in [2.24, 2.45) is 0 Å². The van der Waals surface area contributed by atoms with E-state index in [2.05, 4.69) is 4.72 Å². The lowest BCUT2D eigenvalue weighted by atomic mass is 10.1. The van der Waals surface area contributed by atoms with Crippen LogP contribution in [-0.4, -0.2) is 35.3 Å². The summed E-state index contributed by atoms with van der Waals surface area (Å²) in [6.07, 6.45) is 0.544. The van der Waals surface area contributed by atoms with Crippen LogP contribution in [0.2, 0.25) is 0 Å². The number of methoxy groups -OCH3 is 1. The molecule has 0 amide bonds. The Labute approximate surface area is 155 Å². The number of hydrogen-bond acceptors (Lipinski definition) is 5. The maximum atomic E-state index is 12.3. The van der Waals surface area contributed by atoms with Gasteiger partial charge in [-0.05, 0) is 62.2 Å². The number of sulfonamides is 1. The molecule has 0 radical (unpaired) electrons. The van der Waals surface area contributed by atoms with Crippen molar-refractivity contribution in [2.45, 2.75) is 25.2 Å². The van der Waals surface area contributed by atoms with Crippen LogP contribution >= 0.6 is 0 Å². The van der Waals surface area contributed by atoms with Gasteiger partial charge < -0.3 is 14.2 Å². The quantitative estimate of drug-likeness (QED) is 0.687. The second-order valence-electron chi connectivity index (χ2n) is 5.47. The molecule has 0 saturated heterocycles. The lowest BCUT2D eigenvalue weighted by Gasteiger charge is -2.13. The van der Waals surface area contributed by atoms with Gasteiger partial charge in [-0.15, -0.1) is 0 Å². The van der Waals surface area contributed by atoms with Crippen LogP contribution in [0.15, 0.2) is 47.4 Å². The van der Waals surface area contributed by atoms with Gasteiger partial charge in [-0.3, -0.25) is 0 Å². The van der Waals surface area contributed by atoms with Gasteiger partial charge in [0.2, 0.25) is 10.0 Å². The highest BCUT2D eigenvalue weighted by molar-refractivity contribution is 7.89. The van der Waals surface area contributed by atoms with Crippen LogP contribution in [0.4, 0.5) is 0 Å². The fourth-order valence-corrected chi connectivity index (χ4v) is 3.45. The predicted octanol–water partition coefficient (Wildman–Crippen LogP) is 3.01. The number of ether oxygens (including phenoxy) is 3. The Hall–Kier alpha value is -2.25. The standard InChI is InChI=1S/C19H25NO5S/c1-4-24-18-11-6-15(14-19(18)25-5-2)12-13-20-26(21,22)17-9-7-16(23-3)8-10-17/h6-11,14,20H,4-5,12-13H2,1-3H3. The first kappa shape index (κ1) is 20.1. The summed E-state index contributed by atoms with van der Waals surface area (Å²) in [7, 11) is -2.02. The summed E-state index contributed by atoms with van der Waals surface area (Å²) in [5, 5.41) is 0. The first-order valence-corrected chi connectivity index (χ1v) is 10.0. The van der Waals surface area contributed by atoms with E-state index < -0.39 is 10.0 Å². The lowest BCUT2D eigenvalue weighted by Crippen LogP contribution is -2.26. The van der Waals surface area contributed by atoms with Crippen molar-refractivity contribution in [3.63, 3.8) is 0 Å². The van der Waals surface area contributed by atoms with Crippen molar-refractivity contribution in [2.75, 3.05) is 26.9 Å². The smallest absolute Gasteiger partial charge is 0.240 e. The van der Waals surface area contributed by atoms with Crippen molar-refractivity contribution in [3.8, 4) is 17.2 Å². The van der Waals surface area contributed by atoms with E-state index in [1.807, 2.05) is 32.0 Å². The van der Waals surface area contributed by atoms with E-state index in [0.717, 1.165) is 5.56 Å². The summed E-state index contributed by atoms with van der Waals surface area (Å²) in [4.78, 5) is 0.208. The molecule has 0 unspecified atom stereocenters. The normalized spacial score (nSPS) is 11.2. The molecule has 2 rings (SSSR count). The highest BCUT2D eigenvalue weighted by Gasteiger charge is 2.14. The second-order valence-corrected chi connectivity index (χ2v) is 7.24. The van der Waals surface area contributed by atoms with Gasteiger partial charge in [0.25, 0.3) is 0 Å². The van der Waals surface area contributed by atoms with Crippen LogP contribution in [0.25, 0.3) is 0 Å². The molecule has 0 aliphatic heterocycles.